The molecular weight excluding hydrogens is 454 g/mol. The number of carbonyl (C=O) groups excluding carboxylic acids is 4. The number of anilines is 2. The summed E-state index contributed by atoms with van der Waals surface area (Å²) in [6.45, 7) is -0.251. The van der Waals surface area contributed by atoms with Gasteiger partial charge in [-0.05, 0) is 18.2 Å². The van der Waals surface area contributed by atoms with Crippen LogP contribution in [0.5, 0.6) is 0 Å². The Balaban J connectivity index is 2.25. The molecule has 9 nitrogen and oxygen atoms in total. The lowest BCUT2D eigenvalue weighted by Crippen LogP contribution is -2.57. The highest BCUT2D eigenvalue weighted by molar-refractivity contribution is 6.12. The summed E-state index contributed by atoms with van der Waals surface area (Å²) >= 11 is 0. The van der Waals surface area contributed by atoms with Crippen molar-refractivity contribution in [3.63, 3.8) is 0 Å². The summed E-state index contributed by atoms with van der Waals surface area (Å²) in [4.78, 5) is 47.8. The fraction of sp³-hybridized carbons (Fsp3) is 0.412. The molecule has 1 saturated heterocycles. The van der Waals surface area contributed by atoms with Crippen LogP contribution in [-0.4, -0.2) is 61.8 Å². The highest BCUT2D eigenvalue weighted by Gasteiger charge is 2.50. The van der Waals surface area contributed by atoms with E-state index in [1.807, 2.05) is 5.32 Å². The number of alkyl halides is 6. The van der Waals surface area contributed by atoms with E-state index < -0.39 is 54.0 Å². The second-order valence-corrected chi connectivity index (χ2v) is 6.39. The molecule has 4 N–H and O–H groups in total. The number of nitrogens with two attached hydrogens (primary N) is 1. The first-order chi connectivity index (χ1) is 14.9. The van der Waals surface area contributed by atoms with E-state index in [9.17, 15) is 45.5 Å². The highest BCUT2D eigenvalue weighted by atomic mass is 19.3. The summed E-state index contributed by atoms with van der Waals surface area (Å²) < 4.78 is 82.7. The lowest BCUT2D eigenvalue weighted by Gasteiger charge is -2.29. The van der Waals surface area contributed by atoms with Crippen molar-refractivity contribution < 1.29 is 50.3 Å². The molecule has 1 atom stereocenters. The normalized spacial score (nSPS) is 15.6. The van der Waals surface area contributed by atoms with Crippen LogP contribution in [-0.2, 0) is 23.9 Å². The summed E-state index contributed by atoms with van der Waals surface area (Å²) in [7, 11) is 0. The lowest BCUT2D eigenvalue weighted by atomic mass is 10.1. The Labute approximate surface area is 175 Å². The Morgan fingerprint density at radius 3 is 2.34 bits per heavy atom. The summed E-state index contributed by atoms with van der Waals surface area (Å²) in [6, 6.07) is 0.343. The Morgan fingerprint density at radius 2 is 1.81 bits per heavy atom. The Morgan fingerprint density at radius 1 is 1.16 bits per heavy atom. The first-order valence-electron chi connectivity index (χ1n) is 8.73. The molecule has 15 heteroatoms. The van der Waals surface area contributed by atoms with Crippen molar-refractivity contribution in [2.75, 3.05) is 30.0 Å². The molecule has 176 valence electrons. The molecule has 0 aliphatic carbocycles. The van der Waals surface area contributed by atoms with E-state index in [0.717, 1.165) is 28.4 Å². The molecule has 0 radical (unpaired) electrons. The quantitative estimate of drug-likeness (QED) is 0.382. The molecule has 4 amide bonds. The Hall–Kier alpha value is -3.36. The average molecular weight is 470 g/mol. The van der Waals surface area contributed by atoms with E-state index in [4.69, 9.17) is 10.5 Å². The molecular formula is C17H16F6N4O5. The van der Waals surface area contributed by atoms with E-state index in [1.165, 1.54) is 0 Å². The van der Waals surface area contributed by atoms with Crippen LogP contribution in [0.3, 0.4) is 0 Å². The topological polar surface area (TPSA) is 131 Å². The molecule has 1 aromatic rings. The van der Waals surface area contributed by atoms with Gasteiger partial charge in [0.05, 0.1) is 12.3 Å². The van der Waals surface area contributed by atoms with Crippen molar-refractivity contribution in [2.45, 2.75) is 24.8 Å². The molecule has 0 aromatic heterocycles. The zero-order valence-electron chi connectivity index (χ0n) is 15.9. The molecule has 2 rings (SSSR count). The molecule has 0 unspecified atom stereocenters. The lowest BCUT2D eigenvalue weighted by molar-refractivity contribution is -0.171. The fourth-order valence-corrected chi connectivity index (χ4v) is 2.63. The number of nitrogens with one attached hydrogen (secondary N) is 2. The van der Waals surface area contributed by atoms with Crippen molar-refractivity contribution in [1.29, 1.82) is 0 Å². The predicted octanol–water partition coefficient (Wildman–Crippen LogP) is 0.796. The highest BCUT2D eigenvalue weighted by Crippen LogP contribution is 2.33. The van der Waals surface area contributed by atoms with Crippen LogP contribution < -0.4 is 21.3 Å². The van der Waals surface area contributed by atoms with Crippen LogP contribution in [0.2, 0.25) is 0 Å². The van der Waals surface area contributed by atoms with Crippen LogP contribution in [0.15, 0.2) is 18.2 Å². The maximum absolute atomic E-state index is 13.5. The molecule has 1 aliphatic rings. The number of rotatable bonds is 8. The van der Waals surface area contributed by atoms with E-state index in [2.05, 4.69) is 0 Å². The van der Waals surface area contributed by atoms with Gasteiger partial charge in [0.2, 0.25) is 5.91 Å². The van der Waals surface area contributed by atoms with Gasteiger partial charge in [-0.3, -0.25) is 19.2 Å². The molecule has 1 fully saturated rings. The summed E-state index contributed by atoms with van der Waals surface area (Å²) in [6.07, 6.45) is -7.54. The van der Waals surface area contributed by atoms with Crippen molar-refractivity contribution in [2.24, 2.45) is 5.73 Å². The third-order valence-corrected chi connectivity index (χ3v) is 4.21. The molecule has 0 bridgehead atoms. The number of halogens is 6. The minimum Gasteiger partial charge on any atom is -0.370 e. The average Bonchev–Trinajstić information content (AvgIpc) is 2.71. The van der Waals surface area contributed by atoms with E-state index in [-0.39, 0.29) is 31.1 Å². The molecule has 1 heterocycles. The van der Waals surface area contributed by atoms with Gasteiger partial charge in [0.1, 0.15) is 6.61 Å². The first-order valence-corrected chi connectivity index (χ1v) is 8.73. The number of morpholine rings is 1. The van der Waals surface area contributed by atoms with Gasteiger partial charge in [-0.25, -0.2) is 17.6 Å². The van der Waals surface area contributed by atoms with E-state index >= 15 is 0 Å². The third kappa shape index (κ3) is 5.46. The van der Waals surface area contributed by atoms with Gasteiger partial charge in [-0.2, -0.15) is 8.78 Å². The number of benzene rings is 1. The maximum Gasteiger partial charge on any atom is 0.383 e. The van der Waals surface area contributed by atoms with E-state index in [0.29, 0.717) is 0 Å². The number of primary amides is 1. The van der Waals surface area contributed by atoms with E-state index in [1.54, 1.807) is 0 Å². The number of amides is 4. The zero-order chi connectivity index (χ0) is 24.2. The summed E-state index contributed by atoms with van der Waals surface area (Å²) in [5.74, 6) is -11.7. The summed E-state index contributed by atoms with van der Waals surface area (Å²) in [5, 5.41) is 2.99. The fourth-order valence-electron chi connectivity index (χ4n) is 2.63. The number of carbonyl (C=O) groups is 4. The van der Waals surface area contributed by atoms with Crippen molar-refractivity contribution in [3.05, 3.63) is 23.8 Å². The van der Waals surface area contributed by atoms with Gasteiger partial charge in [0.15, 0.2) is 6.04 Å². The smallest absolute Gasteiger partial charge is 0.370 e. The van der Waals surface area contributed by atoms with Gasteiger partial charge < -0.3 is 26.0 Å². The van der Waals surface area contributed by atoms with Crippen LogP contribution in [0, 0.1) is 0 Å². The van der Waals surface area contributed by atoms with Crippen LogP contribution in [0.4, 0.5) is 37.7 Å². The number of hydrogen-bond acceptors (Lipinski definition) is 5. The second kappa shape index (κ2) is 9.84. The number of hydrogen-bond donors (Lipinski definition) is 3. The maximum atomic E-state index is 13.5. The molecule has 0 saturated carbocycles. The predicted molar refractivity (Wildman–Crippen MR) is 95.3 cm³/mol. The number of ether oxygens (including phenoxy) is 1. The van der Waals surface area contributed by atoms with Crippen LogP contribution >= 0.6 is 0 Å². The van der Waals surface area contributed by atoms with Gasteiger partial charge in [0.25, 0.3) is 24.1 Å². The second-order valence-electron chi connectivity index (χ2n) is 6.39. The Kier molecular flexibility index (Phi) is 7.66. The molecule has 1 aliphatic heterocycles. The van der Waals surface area contributed by atoms with Crippen LogP contribution in [0.25, 0.3) is 0 Å². The standard InChI is InChI=1S/C17H16F6N4O5/c18-12(19)8-5-7(1-2-9(8)27-3-4-32-6-10(27)28)25-14(30)11(13(24)29)26-16(31)17(22,23)15(20)21/h1-2,5,11-12,15H,3-4,6H2,(H2,24,29)(H,25,30)(H,26,31)/t11-/m0/s1. The SMILES string of the molecule is NC(=O)[C@H](NC(=O)C(F)(F)C(F)F)C(=O)Nc1ccc(N2CCOCC2=O)c(C(F)F)c1. The van der Waals surface area contributed by atoms with Gasteiger partial charge in [0, 0.05) is 17.8 Å². The monoisotopic (exact) mass is 470 g/mol. The van der Waals surface area contributed by atoms with Gasteiger partial charge in [-0.15, -0.1) is 0 Å². The van der Waals surface area contributed by atoms with Crippen molar-refractivity contribution in [1.82, 2.24) is 5.32 Å². The van der Waals surface area contributed by atoms with Crippen molar-refractivity contribution in [3.8, 4) is 0 Å². The number of nitrogens with zero attached hydrogens (tertiary/aromatic N) is 1. The summed E-state index contributed by atoms with van der Waals surface area (Å²) in [5.41, 5.74) is 3.60. The van der Waals surface area contributed by atoms with Gasteiger partial charge >= 0.3 is 12.3 Å². The third-order valence-electron chi connectivity index (χ3n) is 4.21. The van der Waals surface area contributed by atoms with Crippen molar-refractivity contribution >= 4 is 35.0 Å². The van der Waals surface area contributed by atoms with Crippen LogP contribution in [0.1, 0.15) is 12.0 Å². The minimum atomic E-state index is -5.22. The van der Waals surface area contributed by atoms with Gasteiger partial charge in [-0.1, -0.05) is 0 Å². The minimum absolute atomic E-state index is 0.0155. The first kappa shape index (κ1) is 24.9. The zero-order valence-corrected chi connectivity index (χ0v) is 15.9. The Bertz CT molecular complexity index is 913. The largest absolute Gasteiger partial charge is 0.383 e. The molecule has 32 heavy (non-hydrogen) atoms. The molecule has 0 spiro atoms. The molecule has 1 aromatic carbocycles.